The summed E-state index contributed by atoms with van der Waals surface area (Å²) in [6.45, 7) is 3.88. The Labute approximate surface area is 146 Å². The van der Waals surface area contributed by atoms with Gasteiger partial charge in [-0.25, -0.2) is 0 Å². The molecule has 0 N–H and O–H groups in total. The molecule has 7 heteroatoms. The van der Waals surface area contributed by atoms with E-state index in [1.807, 2.05) is 30.2 Å². The summed E-state index contributed by atoms with van der Waals surface area (Å²) in [4.78, 5) is 14.7. The zero-order chi connectivity index (χ0) is 16.9. The Kier molecular flexibility index (Phi) is 5.35. The molecule has 0 aliphatic carbocycles. The van der Waals surface area contributed by atoms with Gasteiger partial charge in [-0.15, -0.1) is 5.10 Å². The van der Waals surface area contributed by atoms with Gasteiger partial charge >= 0.3 is 0 Å². The maximum Gasteiger partial charge on any atom is 0.227 e. The van der Waals surface area contributed by atoms with Crippen LogP contribution in [0.4, 0.5) is 0 Å². The molecule has 0 radical (unpaired) electrons. The fourth-order valence-corrected chi connectivity index (χ4v) is 3.41. The second-order valence-electron chi connectivity index (χ2n) is 5.85. The average Bonchev–Trinajstić information content (AvgIpc) is 3.23. The van der Waals surface area contributed by atoms with Crippen LogP contribution >= 0.6 is 11.6 Å². The van der Waals surface area contributed by atoms with Gasteiger partial charge in [-0.3, -0.25) is 9.48 Å². The quantitative estimate of drug-likeness (QED) is 0.805. The first-order chi connectivity index (χ1) is 11.7. The summed E-state index contributed by atoms with van der Waals surface area (Å²) >= 11 is 6.21. The summed E-state index contributed by atoms with van der Waals surface area (Å²) in [5.41, 5.74) is 0.834. The number of halogens is 1. The van der Waals surface area contributed by atoms with Gasteiger partial charge in [0.25, 0.3) is 0 Å². The average molecular weight is 349 g/mol. The molecule has 6 nitrogen and oxygen atoms in total. The first kappa shape index (κ1) is 16.8. The highest BCUT2D eigenvalue weighted by molar-refractivity contribution is 6.32. The van der Waals surface area contributed by atoms with Gasteiger partial charge in [-0.2, -0.15) is 0 Å². The van der Waals surface area contributed by atoms with Gasteiger partial charge in [-0.05, 0) is 25.8 Å². The van der Waals surface area contributed by atoms with E-state index in [0.717, 1.165) is 24.9 Å². The number of hydrogen-bond donors (Lipinski definition) is 0. The van der Waals surface area contributed by atoms with Crippen molar-refractivity contribution in [1.29, 1.82) is 0 Å². The Morgan fingerprint density at radius 2 is 2.33 bits per heavy atom. The Hall–Kier alpha value is -2.08. The van der Waals surface area contributed by atoms with E-state index in [-0.39, 0.29) is 11.9 Å². The number of carbonyl (C=O) groups is 1. The molecular weight excluding hydrogens is 328 g/mol. The van der Waals surface area contributed by atoms with Gasteiger partial charge in [0, 0.05) is 18.3 Å². The summed E-state index contributed by atoms with van der Waals surface area (Å²) in [6.07, 6.45) is 5.77. The van der Waals surface area contributed by atoms with E-state index < -0.39 is 0 Å². The van der Waals surface area contributed by atoms with Crippen molar-refractivity contribution >= 4 is 17.5 Å². The molecule has 1 amide bonds. The SMILES string of the molecule is CCOc1c(Cl)cccc1CC(=O)N1CCC[C@H]1Cn1ccnn1. The summed E-state index contributed by atoms with van der Waals surface area (Å²) in [5, 5.41) is 8.36. The Balaban J connectivity index is 1.71. The predicted octanol–water partition coefficient (Wildman–Crippen LogP) is 2.56. The van der Waals surface area contributed by atoms with Gasteiger partial charge in [-0.1, -0.05) is 28.9 Å². The number of likely N-dealkylation sites (tertiary alicyclic amines) is 1. The molecule has 1 fully saturated rings. The third kappa shape index (κ3) is 3.70. The number of carbonyl (C=O) groups excluding carboxylic acids is 1. The second kappa shape index (κ2) is 7.66. The van der Waals surface area contributed by atoms with E-state index in [2.05, 4.69) is 10.3 Å². The third-order valence-corrected chi connectivity index (χ3v) is 4.54. The topological polar surface area (TPSA) is 60.2 Å². The van der Waals surface area contributed by atoms with E-state index in [1.165, 1.54) is 0 Å². The van der Waals surface area contributed by atoms with Crippen molar-refractivity contribution in [3.05, 3.63) is 41.2 Å². The summed E-state index contributed by atoms with van der Waals surface area (Å²) in [5.74, 6) is 0.711. The van der Waals surface area contributed by atoms with Gasteiger partial charge in [0.15, 0.2) is 0 Å². The highest BCUT2D eigenvalue weighted by Gasteiger charge is 2.29. The van der Waals surface area contributed by atoms with Gasteiger partial charge in [0.2, 0.25) is 5.91 Å². The minimum Gasteiger partial charge on any atom is -0.492 e. The lowest BCUT2D eigenvalue weighted by Crippen LogP contribution is -2.39. The van der Waals surface area contributed by atoms with Crippen LogP contribution in [-0.2, 0) is 17.8 Å². The van der Waals surface area contributed by atoms with E-state index in [4.69, 9.17) is 16.3 Å². The number of nitrogens with zero attached hydrogens (tertiary/aromatic N) is 4. The predicted molar refractivity (Wildman–Crippen MR) is 91.1 cm³/mol. The summed E-state index contributed by atoms with van der Waals surface area (Å²) in [7, 11) is 0. The summed E-state index contributed by atoms with van der Waals surface area (Å²) < 4.78 is 7.40. The first-order valence-electron chi connectivity index (χ1n) is 8.22. The van der Waals surface area contributed by atoms with Crippen LogP contribution in [0, 0.1) is 0 Å². The van der Waals surface area contributed by atoms with E-state index in [0.29, 0.717) is 30.3 Å². The van der Waals surface area contributed by atoms with Crippen LogP contribution in [0.2, 0.25) is 5.02 Å². The number of benzene rings is 1. The Bertz CT molecular complexity index is 690. The number of hydrogen-bond acceptors (Lipinski definition) is 4. The molecule has 0 unspecified atom stereocenters. The molecule has 128 valence electrons. The van der Waals surface area contributed by atoms with Crippen LogP contribution in [-0.4, -0.2) is 45.0 Å². The van der Waals surface area contributed by atoms with E-state index in [1.54, 1.807) is 16.9 Å². The fourth-order valence-electron chi connectivity index (χ4n) is 3.16. The molecule has 0 spiro atoms. The van der Waals surface area contributed by atoms with Crippen molar-refractivity contribution in [2.75, 3.05) is 13.2 Å². The Morgan fingerprint density at radius 3 is 3.08 bits per heavy atom. The highest BCUT2D eigenvalue weighted by atomic mass is 35.5. The van der Waals surface area contributed by atoms with Crippen molar-refractivity contribution in [3.63, 3.8) is 0 Å². The van der Waals surface area contributed by atoms with Crippen molar-refractivity contribution < 1.29 is 9.53 Å². The van der Waals surface area contributed by atoms with Crippen molar-refractivity contribution in [2.45, 2.75) is 38.8 Å². The van der Waals surface area contributed by atoms with Crippen LogP contribution in [0.25, 0.3) is 0 Å². The molecule has 0 saturated carbocycles. The molecule has 1 atom stereocenters. The minimum atomic E-state index is 0.0980. The van der Waals surface area contributed by atoms with Crippen molar-refractivity contribution in [1.82, 2.24) is 19.9 Å². The van der Waals surface area contributed by atoms with Gasteiger partial charge < -0.3 is 9.64 Å². The molecule has 1 aromatic heterocycles. The lowest BCUT2D eigenvalue weighted by molar-refractivity contribution is -0.131. The number of aromatic nitrogens is 3. The molecule has 0 bridgehead atoms. The lowest BCUT2D eigenvalue weighted by Gasteiger charge is -2.25. The number of para-hydroxylation sites is 1. The van der Waals surface area contributed by atoms with Crippen LogP contribution in [0.15, 0.2) is 30.6 Å². The standard InChI is InChI=1S/C17H21ClN4O2/c1-2-24-17-13(5-3-7-15(17)18)11-16(23)22-9-4-6-14(22)12-21-10-8-19-20-21/h3,5,7-8,10,14H,2,4,6,9,11-12H2,1H3/t14-/m0/s1. The molecule has 2 heterocycles. The molecule has 24 heavy (non-hydrogen) atoms. The van der Waals surface area contributed by atoms with Crippen molar-refractivity contribution in [3.8, 4) is 5.75 Å². The molecule has 3 rings (SSSR count). The van der Waals surface area contributed by atoms with Crippen LogP contribution in [0.3, 0.4) is 0 Å². The highest BCUT2D eigenvalue weighted by Crippen LogP contribution is 2.30. The largest absolute Gasteiger partial charge is 0.492 e. The Morgan fingerprint density at radius 1 is 1.46 bits per heavy atom. The minimum absolute atomic E-state index is 0.0980. The molecule has 1 aromatic carbocycles. The number of rotatable bonds is 6. The zero-order valence-corrected chi connectivity index (χ0v) is 14.4. The van der Waals surface area contributed by atoms with Crippen molar-refractivity contribution in [2.24, 2.45) is 0 Å². The van der Waals surface area contributed by atoms with E-state index in [9.17, 15) is 4.79 Å². The van der Waals surface area contributed by atoms with Gasteiger partial charge in [0.05, 0.1) is 36.8 Å². The van der Waals surface area contributed by atoms with E-state index >= 15 is 0 Å². The first-order valence-corrected chi connectivity index (χ1v) is 8.60. The second-order valence-corrected chi connectivity index (χ2v) is 6.25. The molecule has 1 aliphatic heterocycles. The number of amides is 1. The molecular formula is C17H21ClN4O2. The maximum absolute atomic E-state index is 12.8. The fraction of sp³-hybridized carbons (Fsp3) is 0.471. The summed E-state index contributed by atoms with van der Waals surface area (Å²) in [6, 6.07) is 5.69. The third-order valence-electron chi connectivity index (χ3n) is 4.25. The maximum atomic E-state index is 12.8. The molecule has 1 aliphatic rings. The normalized spacial score (nSPS) is 17.2. The van der Waals surface area contributed by atoms with Crippen LogP contribution in [0.1, 0.15) is 25.3 Å². The number of ether oxygens (including phenoxy) is 1. The molecule has 1 saturated heterocycles. The smallest absolute Gasteiger partial charge is 0.227 e. The van der Waals surface area contributed by atoms with Gasteiger partial charge in [0.1, 0.15) is 5.75 Å². The lowest BCUT2D eigenvalue weighted by atomic mass is 10.1. The monoisotopic (exact) mass is 348 g/mol. The van der Waals surface area contributed by atoms with Crippen LogP contribution < -0.4 is 4.74 Å². The molecule has 2 aromatic rings. The van der Waals surface area contributed by atoms with Crippen LogP contribution in [0.5, 0.6) is 5.75 Å². The zero-order valence-electron chi connectivity index (χ0n) is 13.7.